The molecule has 0 aliphatic heterocycles. The van der Waals surface area contributed by atoms with Gasteiger partial charge in [-0.15, -0.1) is 11.3 Å². The molecule has 2 aromatic rings. The van der Waals surface area contributed by atoms with Crippen molar-refractivity contribution in [3.05, 3.63) is 47.0 Å². The molecule has 0 radical (unpaired) electrons. The van der Waals surface area contributed by atoms with Gasteiger partial charge in [-0.2, -0.15) is 0 Å². The zero-order valence-electron chi connectivity index (χ0n) is 13.6. The Morgan fingerprint density at radius 2 is 1.92 bits per heavy atom. The summed E-state index contributed by atoms with van der Waals surface area (Å²) in [4.78, 5) is 38.2. The van der Waals surface area contributed by atoms with Gasteiger partial charge in [0.05, 0.1) is 5.69 Å². The number of carbonyl (C=O) groups is 3. The third-order valence-corrected chi connectivity index (χ3v) is 3.71. The second-order valence-electron chi connectivity index (χ2n) is 5.01. The molecule has 1 aromatic heterocycles. The van der Waals surface area contributed by atoms with E-state index in [4.69, 9.17) is 4.74 Å². The van der Waals surface area contributed by atoms with Gasteiger partial charge in [0, 0.05) is 18.8 Å². The van der Waals surface area contributed by atoms with Crippen LogP contribution in [0.4, 0.5) is 9.93 Å². The molecule has 25 heavy (non-hydrogen) atoms. The molecule has 0 unspecified atom stereocenters. The Morgan fingerprint density at radius 1 is 1.16 bits per heavy atom. The lowest BCUT2D eigenvalue weighted by atomic mass is 10.2. The summed E-state index contributed by atoms with van der Waals surface area (Å²) in [5.41, 5.74) is 1.48. The number of anilines is 1. The van der Waals surface area contributed by atoms with Crippen molar-refractivity contribution >= 4 is 34.4 Å². The van der Waals surface area contributed by atoms with Crippen LogP contribution in [-0.2, 0) is 27.5 Å². The van der Waals surface area contributed by atoms with Crippen LogP contribution >= 0.6 is 11.3 Å². The lowest BCUT2D eigenvalue weighted by molar-refractivity contribution is -0.143. The molecule has 2 rings (SSSR count). The molecule has 1 aromatic carbocycles. The molecule has 0 bridgehead atoms. The fourth-order valence-corrected chi connectivity index (χ4v) is 2.52. The lowest BCUT2D eigenvalue weighted by Gasteiger charge is -2.07. The van der Waals surface area contributed by atoms with E-state index in [2.05, 4.69) is 20.9 Å². The smallest absolute Gasteiger partial charge is 0.325 e. The average Bonchev–Trinajstić information content (AvgIpc) is 3.04. The van der Waals surface area contributed by atoms with E-state index in [0.717, 1.165) is 5.56 Å². The summed E-state index contributed by atoms with van der Waals surface area (Å²) in [6.45, 7) is 1.48. The summed E-state index contributed by atoms with van der Waals surface area (Å²) < 4.78 is 5.01. The average molecular weight is 362 g/mol. The number of esters is 1. The highest BCUT2D eigenvalue weighted by Crippen LogP contribution is 2.15. The van der Waals surface area contributed by atoms with Crippen molar-refractivity contribution in [3.63, 3.8) is 0 Å². The Balaban J connectivity index is 1.64. The third kappa shape index (κ3) is 7.00. The highest BCUT2D eigenvalue weighted by molar-refractivity contribution is 7.13. The number of nitrogens with zero attached hydrogens (tertiary/aromatic N) is 1. The predicted molar refractivity (Wildman–Crippen MR) is 92.9 cm³/mol. The Kier molecular flexibility index (Phi) is 6.90. The first-order chi connectivity index (χ1) is 12.0. The third-order valence-electron chi connectivity index (χ3n) is 2.90. The van der Waals surface area contributed by atoms with Gasteiger partial charge in [0.15, 0.2) is 5.13 Å². The maximum absolute atomic E-state index is 11.6. The fourth-order valence-electron chi connectivity index (χ4n) is 1.78. The minimum Gasteiger partial charge on any atom is -0.458 e. The van der Waals surface area contributed by atoms with Crippen LogP contribution in [0, 0.1) is 0 Å². The van der Waals surface area contributed by atoms with Crippen LogP contribution in [0.15, 0.2) is 35.7 Å². The van der Waals surface area contributed by atoms with E-state index < -0.39 is 12.0 Å². The van der Waals surface area contributed by atoms with Crippen LogP contribution < -0.4 is 16.0 Å². The number of rotatable bonds is 7. The molecule has 3 amide bonds. The molecule has 0 spiro atoms. The second-order valence-corrected chi connectivity index (χ2v) is 5.87. The number of nitrogens with one attached hydrogen (secondary N) is 3. The van der Waals surface area contributed by atoms with E-state index in [1.165, 1.54) is 18.3 Å². The molecule has 132 valence electrons. The highest BCUT2D eigenvalue weighted by Gasteiger charge is 2.09. The number of hydrogen-bond donors (Lipinski definition) is 3. The second kappa shape index (κ2) is 9.38. The number of benzene rings is 1. The molecule has 0 saturated carbocycles. The Morgan fingerprint density at radius 3 is 2.64 bits per heavy atom. The standard InChI is InChI=1S/C16H18N4O4S/c1-11(21)19-16-20-13(10-25-16)9-24-14(22)8-18-15(23)17-7-12-5-3-2-4-6-12/h2-6,10H,7-9H2,1H3,(H2,17,18,23)(H,19,20,21). The number of urea groups is 1. The maximum Gasteiger partial charge on any atom is 0.325 e. The monoisotopic (exact) mass is 362 g/mol. The van der Waals surface area contributed by atoms with Crippen molar-refractivity contribution in [2.24, 2.45) is 0 Å². The van der Waals surface area contributed by atoms with Gasteiger partial charge in [-0.05, 0) is 5.56 Å². The molecule has 0 atom stereocenters. The maximum atomic E-state index is 11.6. The van der Waals surface area contributed by atoms with Crippen LogP contribution in [0.1, 0.15) is 18.2 Å². The fraction of sp³-hybridized carbons (Fsp3) is 0.250. The van der Waals surface area contributed by atoms with Gasteiger partial charge in [0.1, 0.15) is 13.2 Å². The number of ether oxygens (including phenoxy) is 1. The summed E-state index contributed by atoms with van der Waals surface area (Å²) >= 11 is 1.24. The Bertz CT molecular complexity index is 733. The van der Waals surface area contributed by atoms with Crippen LogP contribution in [0.25, 0.3) is 0 Å². The lowest BCUT2D eigenvalue weighted by Crippen LogP contribution is -2.38. The first-order valence-electron chi connectivity index (χ1n) is 7.46. The molecule has 3 N–H and O–H groups in total. The van der Waals surface area contributed by atoms with Gasteiger partial charge in [-0.1, -0.05) is 30.3 Å². The highest BCUT2D eigenvalue weighted by atomic mass is 32.1. The quantitative estimate of drug-likeness (QED) is 0.649. The molecule has 8 nitrogen and oxygen atoms in total. The topological polar surface area (TPSA) is 109 Å². The number of hydrogen-bond acceptors (Lipinski definition) is 6. The minimum atomic E-state index is -0.580. The number of thiazole rings is 1. The molecular formula is C16H18N4O4S. The first kappa shape index (κ1) is 18.4. The normalized spacial score (nSPS) is 9.96. The van der Waals surface area contributed by atoms with Crippen LogP contribution in [-0.4, -0.2) is 29.4 Å². The Hall–Kier alpha value is -2.94. The van der Waals surface area contributed by atoms with E-state index in [9.17, 15) is 14.4 Å². The minimum absolute atomic E-state index is 0.0256. The SMILES string of the molecule is CC(=O)Nc1nc(COC(=O)CNC(=O)NCc2ccccc2)cs1. The summed E-state index contributed by atoms with van der Waals surface area (Å²) in [6.07, 6.45) is 0. The molecule has 1 heterocycles. The van der Waals surface area contributed by atoms with Crippen molar-refractivity contribution in [3.8, 4) is 0 Å². The van der Waals surface area contributed by atoms with Gasteiger partial charge >= 0.3 is 12.0 Å². The molecule has 0 aliphatic carbocycles. The van der Waals surface area contributed by atoms with Crippen LogP contribution in [0.5, 0.6) is 0 Å². The molecule has 9 heteroatoms. The van der Waals surface area contributed by atoms with Crippen molar-refractivity contribution in [2.45, 2.75) is 20.1 Å². The molecule has 0 aliphatic rings. The van der Waals surface area contributed by atoms with Gasteiger partial charge in [-0.3, -0.25) is 9.59 Å². The van der Waals surface area contributed by atoms with E-state index in [0.29, 0.717) is 17.4 Å². The Labute approximate surface area is 148 Å². The number of aromatic nitrogens is 1. The van der Waals surface area contributed by atoms with E-state index in [-0.39, 0.29) is 19.1 Å². The number of amides is 3. The van der Waals surface area contributed by atoms with Gasteiger partial charge in [-0.25, -0.2) is 9.78 Å². The van der Waals surface area contributed by atoms with E-state index >= 15 is 0 Å². The van der Waals surface area contributed by atoms with E-state index in [1.54, 1.807) is 5.38 Å². The van der Waals surface area contributed by atoms with Crippen LogP contribution in [0.2, 0.25) is 0 Å². The molecule has 0 fully saturated rings. The summed E-state index contributed by atoms with van der Waals surface area (Å²) in [5.74, 6) is -0.799. The zero-order valence-corrected chi connectivity index (χ0v) is 14.4. The summed E-state index contributed by atoms with van der Waals surface area (Å²) in [6, 6.07) is 8.96. The summed E-state index contributed by atoms with van der Waals surface area (Å²) in [7, 11) is 0. The number of carbonyl (C=O) groups excluding carboxylic acids is 3. The first-order valence-corrected chi connectivity index (χ1v) is 8.34. The molecule has 0 saturated heterocycles. The van der Waals surface area contributed by atoms with Crippen molar-refractivity contribution in [2.75, 3.05) is 11.9 Å². The van der Waals surface area contributed by atoms with E-state index in [1.807, 2.05) is 30.3 Å². The van der Waals surface area contributed by atoms with Gasteiger partial charge < -0.3 is 20.7 Å². The predicted octanol–water partition coefficient (Wildman–Crippen LogP) is 1.64. The zero-order chi connectivity index (χ0) is 18.1. The largest absolute Gasteiger partial charge is 0.458 e. The van der Waals surface area contributed by atoms with Gasteiger partial charge in [0.2, 0.25) is 5.91 Å². The van der Waals surface area contributed by atoms with Crippen LogP contribution in [0.3, 0.4) is 0 Å². The van der Waals surface area contributed by atoms with Crippen molar-refractivity contribution < 1.29 is 19.1 Å². The summed E-state index contributed by atoms with van der Waals surface area (Å²) in [5, 5.41) is 9.73. The van der Waals surface area contributed by atoms with Gasteiger partial charge in [0.25, 0.3) is 0 Å². The van der Waals surface area contributed by atoms with Crippen molar-refractivity contribution in [1.29, 1.82) is 0 Å². The molecular weight excluding hydrogens is 344 g/mol. The van der Waals surface area contributed by atoms with Crippen molar-refractivity contribution in [1.82, 2.24) is 15.6 Å².